The number of hydrogen-bond acceptors (Lipinski definition) is 3. The third-order valence-electron chi connectivity index (χ3n) is 3.39. The lowest BCUT2D eigenvalue weighted by Crippen LogP contribution is -2.39. The first-order valence-corrected chi connectivity index (χ1v) is 6.38. The number of nitrogens with one attached hydrogen (secondary N) is 1. The first-order valence-electron chi connectivity index (χ1n) is 6.38. The van der Waals surface area contributed by atoms with Gasteiger partial charge in [-0.2, -0.15) is 0 Å². The van der Waals surface area contributed by atoms with E-state index in [9.17, 15) is 4.79 Å². The summed E-state index contributed by atoms with van der Waals surface area (Å²) in [6, 6.07) is 0.409. The molecule has 0 spiro atoms. The Morgan fingerprint density at radius 1 is 1.47 bits per heavy atom. The highest BCUT2D eigenvalue weighted by molar-refractivity contribution is 5.85. The van der Waals surface area contributed by atoms with Crippen LogP contribution in [0.25, 0.3) is 0 Å². The zero-order chi connectivity index (χ0) is 11.4. The van der Waals surface area contributed by atoms with Gasteiger partial charge < -0.3 is 15.0 Å². The number of carbonyl (C=O) groups is 1. The molecule has 1 N–H and O–H groups in total. The Morgan fingerprint density at radius 3 is 3.00 bits per heavy atom. The van der Waals surface area contributed by atoms with Gasteiger partial charge >= 0.3 is 0 Å². The number of nitrogens with zero attached hydrogens (tertiary/aromatic N) is 1. The van der Waals surface area contributed by atoms with Gasteiger partial charge in [-0.05, 0) is 32.7 Å². The molecule has 2 aliphatic heterocycles. The van der Waals surface area contributed by atoms with Gasteiger partial charge in [-0.1, -0.05) is 0 Å². The summed E-state index contributed by atoms with van der Waals surface area (Å²) in [5.74, 6) is 0.289. The van der Waals surface area contributed by atoms with Gasteiger partial charge in [0.15, 0.2) is 0 Å². The van der Waals surface area contributed by atoms with E-state index in [2.05, 4.69) is 5.32 Å². The van der Waals surface area contributed by atoms with Gasteiger partial charge in [-0.3, -0.25) is 4.79 Å². The van der Waals surface area contributed by atoms with E-state index in [4.69, 9.17) is 4.74 Å². The predicted octanol–water partition coefficient (Wildman–Crippen LogP) is 1.19. The van der Waals surface area contributed by atoms with Crippen LogP contribution in [-0.4, -0.2) is 49.2 Å². The normalized spacial score (nSPS) is 29.6. The minimum atomic E-state index is 0. The summed E-state index contributed by atoms with van der Waals surface area (Å²) in [5, 5.41) is 3.37. The lowest BCUT2D eigenvalue weighted by molar-refractivity contribution is -0.132. The van der Waals surface area contributed by atoms with Crippen LogP contribution in [0.2, 0.25) is 0 Å². The number of rotatable bonds is 2. The second-order valence-corrected chi connectivity index (χ2v) is 4.87. The predicted molar refractivity (Wildman–Crippen MR) is 69.5 cm³/mol. The average molecular weight is 263 g/mol. The molecule has 4 nitrogen and oxygen atoms in total. The van der Waals surface area contributed by atoms with Gasteiger partial charge in [0, 0.05) is 32.2 Å². The molecular weight excluding hydrogens is 240 g/mol. The van der Waals surface area contributed by atoms with Crippen molar-refractivity contribution in [3.63, 3.8) is 0 Å². The maximum Gasteiger partial charge on any atom is 0.224 e. The van der Waals surface area contributed by atoms with Crippen molar-refractivity contribution in [3.8, 4) is 0 Å². The summed E-state index contributed by atoms with van der Waals surface area (Å²) in [6.07, 6.45) is 4.16. The Bertz CT molecular complexity index is 245. The Labute approximate surface area is 109 Å². The summed E-state index contributed by atoms with van der Waals surface area (Å²) in [7, 11) is 0. The fourth-order valence-electron chi connectivity index (χ4n) is 2.49. The largest absolute Gasteiger partial charge is 0.377 e. The van der Waals surface area contributed by atoms with Gasteiger partial charge in [0.1, 0.15) is 0 Å². The van der Waals surface area contributed by atoms with E-state index in [1.807, 2.05) is 11.8 Å². The summed E-state index contributed by atoms with van der Waals surface area (Å²) < 4.78 is 5.54. The molecule has 0 radical (unpaired) electrons. The Morgan fingerprint density at radius 2 is 2.29 bits per heavy atom. The number of hydrogen-bond donors (Lipinski definition) is 1. The molecule has 17 heavy (non-hydrogen) atoms. The van der Waals surface area contributed by atoms with E-state index in [1.165, 1.54) is 6.42 Å². The molecule has 0 saturated carbocycles. The number of halogens is 1. The third-order valence-corrected chi connectivity index (χ3v) is 3.39. The van der Waals surface area contributed by atoms with Crippen molar-refractivity contribution in [1.29, 1.82) is 0 Å². The molecule has 0 aromatic carbocycles. The van der Waals surface area contributed by atoms with Crippen LogP contribution in [-0.2, 0) is 9.53 Å². The molecule has 2 unspecified atom stereocenters. The monoisotopic (exact) mass is 262 g/mol. The number of carbonyl (C=O) groups excluding carboxylic acids is 1. The highest BCUT2D eigenvalue weighted by atomic mass is 35.5. The molecule has 2 saturated heterocycles. The van der Waals surface area contributed by atoms with Crippen molar-refractivity contribution in [2.45, 2.75) is 44.8 Å². The molecule has 2 heterocycles. The molecule has 100 valence electrons. The van der Waals surface area contributed by atoms with E-state index >= 15 is 0 Å². The maximum atomic E-state index is 12.1. The van der Waals surface area contributed by atoms with E-state index in [0.717, 1.165) is 39.1 Å². The molecule has 0 aromatic rings. The molecular formula is C12H23ClN2O2. The summed E-state index contributed by atoms with van der Waals surface area (Å²) >= 11 is 0. The van der Waals surface area contributed by atoms with E-state index in [0.29, 0.717) is 12.5 Å². The van der Waals surface area contributed by atoms with Crippen molar-refractivity contribution < 1.29 is 9.53 Å². The van der Waals surface area contributed by atoms with Gasteiger partial charge in [0.2, 0.25) is 5.91 Å². The minimum absolute atomic E-state index is 0. The van der Waals surface area contributed by atoms with Gasteiger partial charge in [0.25, 0.3) is 0 Å². The highest BCUT2D eigenvalue weighted by Gasteiger charge is 2.24. The highest BCUT2D eigenvalue weighted by Crippen LogP contribution is 2.13. The molecule has 0 aromatic heterocycles. The third kappa shape index (κ3) is 4.45. The molecule has 0 aliphatic carbocycles. The molecule has 2 aliphatic rings. The van der Waals surface area contributed by atoms with Crippen LogP contribution in [0.1, 0.15) is 32.6 Å². The average Bonchev–Trinajstić information content (AvgIpc) is 2.65. The second-order valence-electron chi connectivity index (χ2n) is 4.87. The molecule has 2 fully saturated rings. The molecule has 2 atom stereocenters. The Kier molecular flexibility index (Phi) is 6.23. The van der Waals surface area contributed by atoms with E-state index in [-0.39, 0.29) is 24.4 Å². The zero-order valence-electron chi connectivity index (χ0n) is 10.5. The fraction of sp³-hybridized carbons (Fsp3) is 0.917. The Hall–Kier alpha value is -0.320. The number of amides is 1. The van der Waals surface area contributed by atoms with Crippen LogP contribution in [0.5, 0.6) is 0 Å². The second kappa shape index (κ2) is 7.19. The summed E-state index contributed by atoms with van der Waals surface area (Å²) in [4.78, 5) is 14.1. The minimum Gasteiger partial charge on any atom is -0.377 e. The van der Waals surface area contributed by atoms with Gasteiger partial charge in [0.05, 0.1) is 6.10 Å². The van der Waals surface area contributed by atoms with Gasteiger partial charge in [-0.15, -0.1) is 12.4 Å². The molecule has 0 bridgehead atoms. The van der Waals surface area contributed by atoms with Crippen LogP contribution in [0.4, 0.5) is 0 Å². The SMILES string of the molecule is CC1CN(C(=O)CC2CCCN2)CCCO1.Cl. The number of ether oxygens (including phenoxy) is 1. The Balaban J connectivity index is 0.00000144. The first-order chi connectivity index (χ1) is 7.75. The van der Waals surface area contributed by atoms with Gasteiger partial charge in [-0.25, -0.2) is 0 Å². The van der Waals surface area contributed by atoms with Crippen molar-refractivity contribution >= 4 is 18.3 Å². The summed E-state index contributed by atoms with van der Waals surface area (Å²) in [6.45, 7) is 5.50. The van der Waals surface area contributed by atoms with E-state index in [1.54, 1.807) is 0 Å². The van der Waals surface area contributed by atoms with Crippen LogP contribution in [0, 0.1) is 0 Å². The lowest BCUT2D eigenvalue weighted by Gasteiger charge is -2.23. The fourth-order valence-corrected chi connectivity index (χ4v) is 2.49. The van der Waals surface area contributed by atoms with Crippen LogP contribution < -0.4 is 5.32 Å². The molecule has 1 amide bonds. The smallest absolute Gasteiger partial charge is 0.224 e. The first kappa shape index (κ1) is 14.7. The van der Waals surface area contributed by atoms with Crippen molar-refractivity contribution in [3.05, 3.63) is 0 Å². The quantitative estimate of drug-likeness (QED) is 0.813. The van der Waals surface area contributed by atoms with Crippen molar-refractivity contribution in [2.24, 2.45) is 0 Å². The van der Waals surface area contributed by atoms with E-state index < -0.39 is 0 Å². The standard InChI is InChI=1S/C12H22N2O2.ClH/c1-10-9-14(6-3-7-16-10)12(15)8-11-4-2-5-13-11;/h10-11,13H,2-9H2,1H3;1H. The van der Waals surface area contributed by atoms with Crippen LogP contribution in [0.3, 0.4) is 0 Å². The van der Waals surface area contributed by atoms with Crippen molar-refractivity contribution in [1.82, 2.24) is 10.2 Å². The topological polar surface area (TPSA) is 41.6 Å². The molecule has 2 rings (SSSR count). The van der Waals surface area contributed by atoms with Crippen molar-refractivity contribution in [2.75, 3.05) is 26.2 Å². The van der Waals surface area contributed by atoms with Crippen LogP contribution >= 0.6 is 12.4 Å². The maximum absolute atomic E-state index is 12.1. The zero-order valence-corrected chi connectivity index (χ0v) is 11.3. The molecule has 5 heteroatoms. The van der Waals surface area contributed by atoms with Crippen LogP contribution in [0.15, 0.2) is 0 Å². The lowest BCUT2D eigenvalue weighted by atomic mass is 10.1. The summed E-state index contributed by atoms with van der Waals surface area (Å²) in [5.41, 5.74) is 0.